The van der Waals surface area contributed by atoms with E-state index in [1.165, 1.54) is 0 Å². The van der Waals surface area contributed by atoms with Crippen molar-refractivity contribution in [1.29, 1.82) is 0 Å². The van der Waals surface area contributed by atoms with Crippen molar-refractivity contribution in [2.45, 2.75) is 12.5 Å². The molecule has 148 valence electrons. The number of sulfone groups is 1. The van der Waals surface area contributed by atoms with E-state index in [1.54, 1.807) is 7.05 Å². The van der Waals surface area contributed by atoms with Crippen LogP contribution in [0.5, 0.6) is 5.75 Å². The predicted molar refractivity (Wildman–Crippen MR) is 124 cm³/mol. The molecule has 0 aromatic heterocycles. The van der Waals surface area contributed by atoms with Gasteiger partial charge < -0.3 is 15.4 Å². The number of nitrogens with zero attached hydrogens (tertiary/aromatic N) is 1. The lowest BCUT2D eigenvalue weighted by atomic mass is 10.1. The molecule has 1 aliphatic heterocycles. The summed E-state index contributed by atoms with van der Waals surface area (Å²) < 4.78 is 29.9. The molecule has 1 atom stereocenters. The number of halogens is 2. The third-order valence-corrected chi connectivity index (χ3v) is 6.50. The highest BCUT2D eigenvalue weighted by molar-refractivity contribution is 14.0. The van der Waals surface area contributed by atoms with Gasteiger partial charge in [-0.2, -0.15) is 0 Å². The maximum absolute atomic E-state index is 11.5. The topological polar surface area (TPSA) is 79.8 Å². The molecule has 27 heavy (non-hydrogen) atoms. The summed E-state index contributed by atoms with van der Waals surface area (Å²) in [6.07, 6.45) is 0.618. The van der Waals surface area contributed by atoms with E-state index in [9.17, 15) is 8.42 Å². The number of ether oxygens (including phenoxy) is 1. The summed E-state index contributed by atoms with van der Waals surface area (Å²) in [5.41, 5.74) is 0. The van der Waals surface area contributed by atoms with E-state index < -0.39 is 9.84 Å². The lowest BCUT2D eigenvalue weighted by Crippen LogP contribution is -2.45. The highest BCUT2D eigenvalue weighted by Crippen LogP contribution is 2.24. The van der Waals surface area contributed by atoms with E-state index in [0.29, 0.717) is 25.5 Å². The van der Waals surface area contributed by atoms with Gasteiger partial charge in [0.2, 0.25) is 0 Å². The molecule has 0 saturated carbocycles. The number of fused-ring (bicyclic) bond motifs is 1. The van der Waals surface area contributed by atoms with Gasteiger partial charge in [0.25, 0.3) is 0 Å². The van der Waals surface area contributed by atoms with Gasteiger partial charge in [0, 0.05) is 17.6 Å². The van der Waals surface area contributed by atoms with E-state index in [-0.39, 0.29) is 41.5 Å². The highest BCUT2D eigenvalue weighted by Gasteiger charge is 2.28. The number of aliphatic imine (C=N–C) groups is 1. The summed E-state index contributed by atoms with van der Waals surface area (Å²) in [7, 11) is -1.24. The molecule has 2 N–H and O–H groups in total. The van der Waals surface area contributed by atoms with Crippen LogP contribution in [0.2, 0.25) is 0 Å². The van der Waals surface area contributed by atoms with Gasteiger partial charge in [0.15, 0.2) is 15.8 Å². The Morgan fingerprint density at radius 2 is 2.00 bits per heavy atom. The first kappa shape index (κ1) is 22.2. The second kappa shape index (κ2) is 9.92. The fraction of sp³-hybridized carbons (Fsp3) is 0.389. The minimum absolute atomic E-state index is 0. The molecular formula is C18H23BrIN3O3S. The van der Waals surface area contributed by atoms with Crippen molar-refractivity contribution in [3.05, 3.63) is 40.9 Å². The molecule has 0 radical (unpaired) electrons. The second-order valence-electron chi connectivity index (χ2n) is 6.25. The Morgan fingerprint density at radius 3 is 2.70 bits per heavy atom. The van der Waals surface area contributed by atoms with Gasteiger partial charge in [0.1, 0.15) is 12.4 Å². The molecule has 0 bridgehead atoms. The number of hydrogen-bond acceptors (Lipinski definition) is 4. The van der Waals surface area contributed by atoms with Crippen LogP contribution >= 0.6 is 39.9 Å². The molecule has 1 unspecified atom stereocenters. The van der Waals surface area contributed by atoms with Crippen molar-refractivity contribution in [2.24, 2.45) is 4.99 Å². The SMILES string of the molecule is CN=C(NCCOc1ccc2cc(Br)ccc2c1)NC1CCS(=O)(=O)C1.I. The molecule has 2 aromatic carbocycles. The lowest BCUT2D eigenvalue weighted by Gasteiger charge is -2.16. The van der Waals surface area contributed by atoms with E-state index in [4.69, 9.17) is 4.74 Å². The minimum atomic E-state index is -2.90. The molecular weight excluding hydrogens is 545 g/mol. The smallest absolute Gasteiger partial charge is 0.191 e. The van der Waals surface area contributed by atoms with Crippen LogP contribution in [0.15, 0.2) is 45.9 Å². The molecule has 1 saturated heterocycles. The van der Waals surface area contributed by atoms with E-state index >= 15 is 0 Å². The Kier molecular flexibility index (Phi) is 8.17. The standard InChI is InChI=1S/C18H22BrN3O3S.HI/c1-20-18(22-16-6-9-26(23,24)12-16)21-7-8-25-17-5-3-13-10-15(19)4-2-14(13)11-17;/h2-5,10-11,16H,6-9,12H2,1H3,(H2,20,21,22);1H. The number of guanidine groups is 1. The molecule has 3 rings (SSSR count). The van der Waals surface area contributed by atoms with E-state index in [1.807, 2.05) is 30.3 Å². The zero-order valence-electron chi connectivity index (χ0n) is 14.9. The molecule has 2 aromatic rings. The zero-order valence-corrected chi connectivity index (χ0v) is 19.7. The van der Waals surface area contributed by atoms with Gasteiger partial charge in [-0.15, -0.1) is 24.0 Å². The molecule has 9 heteroatoms. The fourth-order valence-corrected chi connectivity index (χ4v) is 4.97. The number of benzene rings is 2. The Labute approximate surface area is 185 Å². The molecule has 1 aliphatic rings. The maximum Gasteiger partial charge on any atom is 0.191 e. The molecule has 1 fully saturated rings. The van der Waals surface area contributed by atoms with Gasteiger partial charge in [-0.3, -0.25) is 4.99 Å². The third kappa shape index (κ3) is 6.49. The fourth-order valence-electron chi connectivity index (χ4n) is 2.92. The van der Waals surface area contributed by atoms with Crippen LogP contribution in [0.25, 0.3) is 10.8 Å². The van der Waals surface area contributed by atoms with Crippen LogP contribution in [0.4, 0.5) is 0 Å². The summed E-state index contributed by atoms with van der Waals surface area (Å²) in [6, 6.07) is 12.0. The van der Waals surface area contributed by atoms with Crippen molar-refractivity contribution < 1.29 is 13.2 Å². The van der Waals surface area contributed by atoms with Gasteiger partial charge in [-0.1, -0.05) is 28.1 Å². The van der Waals surface area contributed by atoms with Crippen molar-refractivity contribution in [3.63, 3.8) is 0 Å². The summed E-state index contributed by atoms with van der Waals surface area (Å²) in [5.74, 6) is 1.81. The van der Waals surface area contributed by atoms with Crippen LogP contribution < -0.4 is 15.4 Å². The van der Waals surface area contributed by atoms with Crippen molar-refractivity contribution in [2.75, 3.05) is 31.7 Å². The monoisotopic (exact) mass is 567 g/mol. The quantitative estimate of drug-likeness (QED) is 0.251. The van der Waals surface area contributed by atoms with Crippen LogP contribution in [-0.2, 0) is 9.84 Å². The number of hydrogen-bond donors (Lipinski definition) is 2. The molecule has 0 aliphatic carbocycles. The van der Waals surface area contributed by atoms with Crippen LogP contribution in [0, 0.1) is 0 Å². The Bertz CT molecular complexity index is 921. The van der Waals surface area contributed by atoms with Gasteiger partial charge >= 0.3 is 0 Å². The van der Waals surface area contributed by atoms with Crippen molar-refractivity contribution in [3.8, 4) is 5.75 Å². The second-order valence-corrected chi connectivity index (χ2v) is 9.39. The zero-order chi connectivity index (χ0) is 18.6. The first-order valence-electron chi connectivity index (χ1n) is 8.45. The average molecular weight is 568 g/mol. The highest BCUT2D eigenvalue weighted by atomic mass is 127. The summed E-state index contributed by atoms with van der Waals surface area (Å²) in [6.45, 7) is 1.04. The molecule has 1 heterocycles. The van der Waals surface area contributed by atoms with E-state index in [0.717, 1.165) is 21.0 Å². The average Bonchev–Trinajstić information content (AvgIpc) is 2.96. The third-order valence-electron chi connectivity index (χ3n) is 4.23. The van der Waals surface area contributed by atoms with Crippen LogP contribution in [0.3, 0.4) is 0 Å². The van der Waals surface area contributed by atoms with Gasteiger partial charge in [-0.25, -0.2) is 8.42 Å². The van der Waals surface area contributed by atoms with Crippen molar-refractivity contribution in [1.82, 2.24) is 10.6 Å². The Morgan fingerprint density at radius 1 is 1.26 bits per heavy atom. The Hall–Kier alpha value is -1.07. The normalized spacial score (nSPS) is 18.7. The van der Waals surface area contributed by atoms with Crippen LogP contribution in [-0.4, -0.2) is 52.1 Å². The molecule has 6 nitrogen and oxygen atoms in total. The number of rotatable bonds is 5. The summed E-state index contributed by atoms with van der Waals surface area (Å²) in [4.78, 5) is 4.13. The predicted octanol–water partition coefficient (Wildman–Crippen LogP) is 2.95. The molecule has 0 amide bonds. The first-order chi connectivity index (χ1) is 12.4. The summed E-state index contributed by atoms with van der Waals surface area (Å²) in [5, 5.41) is 8.58. The van der Waals surface area contributed by atoms with Crippen molar-refractivity contribution >= 4 is 66.5 Å². The first-order valence-corrected chi connectivity index (χ1v) is 11.1. The number of nitrogens with one attached hydrogen (secondary N) is 2. The largest absolute Gasteiger partial charge is 0.492 e. The minimum Gasteiger partial charge on any atom is -0.492 e. The van der Waals surface area contributed by atoms with E-state index in [2.05, 4.69) is 37.6 Å². The van der Waals surface area contributed by atoms with Gasteiger partial charge in [-0.05, 0) is 41.5 Å². The van der Waals surface area contributed by atoms with Crippen LogP contribution in [0.1, 0.15) is 6.42 Å². The lowest BCUT2D eigenvalue weighted by molar-refractivity contribution is 0.322. The Balaban J connectivity index is 0.00000261. The maximum atomic E-state index is 11.5. The van der Waals surface area contributed by atoms with Gasteiger partial charge in [0.05, 0.1) is 18.1 Å². The molecule has 0 spiro atoms. The summed E-state index contributed by atoms with van der Waals surface area (Å²) >= 11 is 3.47.